The van der Waals surface area contributed by atoms with Crippen LogP contribution in [-0.2, 0) is 6.54 Å². The van der Waals surface area contributed by atoms with Crippen LogP contribution < -0.4 is 5.32 Å². The molecule has 0 aliphatic heterocycles. The lowest BCUT2D eigenvalue weighted by atomic mass is 10.1. The number of anilines is 1. The molecule has 0 aliphatic carbocycles. The lowest BCUT2D eigenvalue weighted by molar-refractivity contribution is 0.625. The van der Waals surface area contributed by atoms with E-state index in [0.717, 1.165) is 27.1 Å². The lowest BCUT2D eigenvalue weighted by Crippen LogP contribution is -2.04. The molecule has 1 aromatic carbocycles. The van der Waals surface area contributed by atoms with Gasteiger partial charge in [-0.1, -0.05) is 6.07 Å². The topological polar surface area (TPSA) is 24.9 Å². The van der Waals surface area contributed by atoms with Crippen molar-refractivity contribution in [3.05, 3.63) is 57.6 Å². The van der Waals surface area contributed by atoms with Crippen LogP contribution in [0.15, 0.2) is 34.9 Å². The van der Waals surface area contributed by atoms with Crippen LogP contribution in [0, 0.1) is 19.7 Å². The third kappa shape index (κ3) is 3.07. The number of hydrogen-bond donors (Lipinski definition) is 1. The van der Waals surface area contributed by atoms with E-state index in [1.165, 1.54) is 6.07 Å². The van der Waals surface area contributed by atoms with Crippen LogP contribution in [0.3, 0.4) is 0 Å². The number of halogens is 2. The van der Waals surface area contributed by atoms with Crippen molar-refractivity contribution in [3.8, 4) is 0 Å². The van der Waals surface area contributed by atoms with Gasteiger partial charge in [-0.05, 0) is 65.2 Å². The van der Waals surface area contributed by atoms with Gasteiger partial charge in [-0.2, -0.15) is 0 Å². The molecule has 1 heterocycles. The number of aromatic nitrogens is 1. The predicted molar refractivity (Wildman–Crippen MR) is 75.1 cm³/mol. The highest BCUT2D eigenvalue weighted by Gasteiger charge is 2.03. The molecule has 2 rings (SSSR count). The number of hydrogen-bond acceptors (Lipinski definition) is 2. The average Bonchev–Trinajstić information content (AvgIpc) is 2.32. The molecule has 94 valence electrons. The summed E-state index contributed by atoms with van der Waals surface area (Å²) in [7, 11) is 0. The molecular formula is C14H14BrFN2. The van der Waals surface area contributed by atoms with Gasteiger partial charge in [0, 0.05) is 6.54 Å². The standard InChI is InChI=1S/C14H14BrFN2/c1-9-3-4-12(16)7-11(9)8-17-13-5-6-14(15)18-10(13)2/h3-7,17H,8H2,1-2H3. The largest absolute Gasteiger partial charge is 0.379 e. The molecular weight excluding hydrogens is 295 g/mol. The van der Waals surface area contributed by atoms with E-state index < -0.39 is 0 Å². The van der Waals surface area contributed by atoms with E-state index in [0.29, 0.717) is 6.54 Å². The summed E-state index contributed by atoms with van der Waals surface area (Å²) in [6, 6.07) is 8.67. The van der Waals surface area contributed by atoms with Gasteiger partial charge >= 0.3 is 0 Å². The first-order valence-corrected chi connectivity index (χ1v) is 6.47. The average molecular weight is 309 g/mol. The maximum Gasteiger partial charge on any atom is 0.123 e. The van der Waals surface area contributed by atoms with Crippen LogP contribution in [0.25, 0.3) is 0 Å². The zero-order valence-corrected chi connectivity index (χ0v) is 11.9. The summed E-state index contributed by atoms with van der Waals surface area (Å²) in [5.74, 6) is -0.206. The molecule has 18 heavy (non-hydrogen) atoms. The van der Waals surface area contributed by atoms with Gasteiger partial charge in [0.1, 0.15) is 10.4 Å². The van der Waals surface area contributed by atoms with Crippen LogP contribution in [0.5, 0.6) is 0 Å². The van der Waals surface area contributed by atoms with Crippen molar-refractivity contribution in [2.24, 2.45) is 0 Å². The van der Waals surface area contributed by atoms with E-state index in [1.807, 2.05) is 26.0 Å². The molecule has 2 nitrogen and oxygen atoms in total. The Kier molecular flexibility index (Phi) is 3.97. The fourth-order valence-corrected chi connectivity index (χ4v) is 2.14. The maximum atomic E-state index is 13.2. The van der Waals surface area contributed by atoms with Crippen LogP contribution >= 0.6 is 15.9 Å². The SMILES string of the molecule is Cc1ccc(F)cc1CNc1ccc(Br)nc1C. The second-order valence-corrected chi connectivity index (χ2v) is 5.00. The molecule has 0 aliphatic rings. The molecule has 0 atom stereocenters. The first-order valence-electron chi connectivity index (χ1n) is 5.68. The van der Waals surface area contributed by atoms with Crippen molar-refractivity contribution in [1.82, 2.24) is 4.98 Å². The summed E-state index contributed by atoms with van der Waals surface area (Å²) in [5, 5.41) is 3.27. The number of benzene rings is 1. The fraction of sp³-hybridized carbons (Fsp3) is 0.214. The normalized spacial score (nSPS) is 10.4. The summed E-state index contributed by atoms with van der Waals surface area (Å²) in [4.78, 5) is 4.31. The van der Waals surface area contributed by atoms with E-state index in [-0.39, 0.29) is 5.82 Å². The Labute approximate surface area is 114 Å². The first kappa shape index (κ1) is 13.0. The van der Waals surface area contributed by atoms with Gasteiger partial charge in [-0.25, -0.2) is 9.37 Å². The van der Waals surface area contributed by atoms with Crippen LogP contribution in [0.4, 0.5) is 10.1 Å². The molecule has 0 spiro atoms. The van der Waals surface area contributed by atoms with Crippen molar-refractivity contribution in [2.75, 3.05) is 5.32 Å². The molecule has 1 N–H and O–H groups in total. The van der Waals surface area contributed by atoms with Gasteiger partial charge in [0.15, 0.2) is 0 Å². The number of nitrogens with one attached hydrogen (secondary N) is 1. The molecule has 0 radical (unpaired) electrons. The molecule has 0 saturated carbocycles. The van der Waals surface area contributed by atoms with Crippen LogP contribution in [0.1, 0.15) is 16.8 Å². The Morgan fingerprint density at radius 2 is 2.00 bits per heavy atom. The van der Waals surface area contributed by atoms with E-state index >= 15 is 0 Å². The highest BCUT2D eigenvalue weighted by atomic mass is 79.9. The number of nitrogens with zero attached hydrogens (tertiary/aromatic N) is 1. The van der Waals surface area contributed by atoms with Gasteiger partial charge in [0.2, 0.25) is 0 Å². The van der Waals surface area contributed by atoms with Gasteiger partial charge in [0.05, 0.1) is 11.4 Å². The van der Waals surface area contributed by atoms with Gasteiger partial charge in [-0.15, -0.1) is 0 Å². The van der Waals surface area contributed by atoms with E-state index in [1.54, 1.807) is 12.1 Å². The quantitative estimate of drug-likeness (QED) is 0.859. The highest BCUT2D eigenvalue weighted by molar-refractivity contribution is 9.10. The minimum Gasteiger partial charge on any atom is -0.379 e. The number of pyridine rings is 1. The van der Waals surface area contributed by atoms with E-state index in [2.05, 4.69) is 26.2 Å². The van der Waals surface area contributed by atoms with Crippen LogP contribution in [-0.4, -0.2) is 4.98 Å². The van der Waals surface area contributed by atoms with Crippen LogP contribution in [0.2, 0.25) is 0 Å². The fourth-order valence-electron chi connectivity index (χ4n) is 1.74. The summed E-state index contributed by atoms with van der Waals surface area (Å²) in [6.07, 6.45) is 0. The second kappa shape index (κ2) is 5.48. The smallest absolute Gasteiger partial charge is 0.123 e. The van der Waals surface area contributed by atoms with E-state index in [9.17, 15) is 4.39 Å². The number of rotatable bonds is 3. The first-order chi connectivity index (χ1) is 8.56. The highest BCUT2D eigenvalue weighted by Crippen LogP contribution is 2.18. The van der Waals surface area contributed by atoms with Crippen molar-refractivity contribution in [2.45, 2.75) is 20.4 Å². The Hall–Kier alpha value is -1.42. The summed E-state index contributed by atoms with van der Waals surface area (Å²) < 4.78 is 14.0. The van der Waals surface area contributed by atoms with Crippen molar-refractivity contribution < 1.29 is 4.39 Å². The van der Waals surface area contributed by atoms with Gasteiger partial charge < -0.3 is 5.32 Å². The third-order valence-electron chi connectivity index (χ3n) is 2.83. The van der Waals surface area contributed by atoms with Crippen molar-refractivity contribution in [1.29, 1.82) is 0 Å². The molecule has 2 aromatic rings. The van der Waals surface area contributed by atoms with Gasteiger partial charge in [0.25, 0.3) is 0 Å². The third-order valence-corrected chi connectivity index (χ3v) is 3.27. The molecule has 0 saturated heterocycles. The number of aryl methyl sites for hydroxylation is 2. The van der Waals surface area contributed by atoms with Crippen molar-refractivity contribution in [3.63, 3.8) is 0 Å². The Morgan fingerprint density at radius 3 is 2.72 bits per heavy atom. The van der Waals surface area contributed by atoms with E-state index in [4.69, 9.17) is 0 Å². The Morgan fingerprint density at radius 1 is 1.22 bits per heavy atom. The molecule has 0 amide bonds. The lowest BCUT2D eigenvalue weighted by Gasteiger charge is -2.11. The minimum absolute atomic E-state index is 0.206. The zero-order chi connectivity index (χ0) is 13.1. The maximum absolute atomic E-state index is 13.2. The van der Waals surface area contributed by atoms with Gasteiger partial charge in [-0.3, -0.25) is 0 Å². The Balaban J connectivity index is 2.13. The monoisotopic (exact) mass is 308 g/mol. The van der Waals surface area contributed by atoms with Crippen molar-refractivity contribution >= 4 is 21.6 Å². The second-order valence-electron chi connectivity index (χ2n) is 4.19. The summed E-state index contributed by atoms with van der Waals surface area (Å²) in [6.45, 7) is 4.50. The zero-order valence-electron chi connectivity index (χ0n) is 10.3. The Bertz CT molecular complexity index is 570. The molecule has 0 bridgehead atoms. The molecule has 4 heteroatoms. The molecule has 0 fully saturated rings. The molecule has 1 aromatic heterocycles. The summed E-state index contributed by atoms with van der Waals surface area (Å²) >= 11 is 3.32. The molecule has 0 unspecified atom stereocenters. The summed E-state index contributed by atoms with van der Waals surface area (Å²) in [5.41, 5.74) is 3.91. The minimum atomic E-state index is -0.206. The predicted octanol–water partition coefficient (Wildman–Crippen LogP) is 4.21.